The second-order valence-electron chi connectivity index (χ2n) is 5.38. The van der Waals surface area contributed by atoms with Gasteiger partial charge >= 0.3 is 5.97 Å². The minimum absolute atomic E-state index is 0.358. The Morgan fingerprint density at radius 2 is 1.52 bits per heavy atom. The van der Waals surface area contributed by atoms with Gasteiger partial charge in [-0.15, -0.1) is 0 Å². The Balaban J connectivity index is 1.94. The fourth-order valence-corrected chi connectivity index (χ4v) is 2.83. The quantitative estimate of drug-likeness (QED) is 0.881. The topological polar surface area (TPSA) is 74.7 Å². The van der Waals surface area contributed by atoms with Gasteiger partial charge in [-0.05, 0) is 36.2 Å². The number of imide groups is 1. The van der Waals surface area contributed by atoms with E-state index in [0.717, 1.165) is 4.90 Å². The Hall–Kier alpha value is -2.95. The van der Waals surface area contributed by atoms with Crippen molar-refractivity contribution in [1.29, 1.82) is 0 Å². The van der Waals surface area contributed by atoms with Gasteiger partial charge in [-0.25, -0.2) is 4.90 Å². The van der Waals surface area contributed by atoms with Crippen molar-refractivity contribution in [1.82, 2.24) is 0 Å². The van der Waals surface area contributed by atoms with Gasteiger partial charge in [0, 0.05) is 0 Å². The number of amides is 2. The van der Waals surface area contributed by atoms with E-state index in [9.17, 15) is 19.5 Å². The van der Waals surface area contributed by atoms with Gasteiger partial charge < -0.3 is 5.11 Å². The summed E-state index contributed by atoms with van der Waals surface area (Å²) in [7, 11) is 0. The van der Waals surface area contributed by atoms with Gasteiger partial charge in [0.05, 0.1) is 22.7 Å². The number of rotatable bonds is 4. The predicted octanol–water partition coefficient (Wildman–Crippen LogP) is 3.07. The normalized spacial score (nSPS) is 14.7. The number of benzene rings is 2. The van der Waals surface area contributed by atoms with Crippen molar-refractivity contribution in [2.45, 2.75) is 19.3 Å². The van der Waals surface area contributed by atoms with E-state index in [1.54, 1.807) is 55.5 Å². The molecule has 2 aromatic rings. The molecule has 0 fully saturated rings. The van der Waals surface area contributed by atoms with Crippen molar-refractivity contribution in [3.8, 4) is 0 Å². The minimum Gasteiger partial charge on any atom is -0.481 e. The van der Waals surface area contributed by atoms with E-state index in [1.807, 2.05) is 0 Å². The van der Waals surface area contributed by atoms with Gasteiger partial charge in [-0.3, -0.25) is 14.4 Å². The summed E-state index contributed by atoms with van der Waals surface area (Å²) in [5.41, 5.74) is 1.87. The van der Waals surface area contributed by atoms with Gasteiger partial charge in [0.2, 0.25) is 0 Å². The summed E-state index contributed by atoms with van der Waals surface area (Å²) in [5, 5.41) is 9.19. The Kier molecular flexibility index (Phi) is 3.70. The maximum atomic E-state index is 12.4. The van der Waals surface area contributed by atoms with Crippen LogP contribution in [0.4, 0.5) is 5.69 Å². The molecule has 116 valence electrons. The molecule has 23 heavy (non-hydrogen) atoms. The molecule has 0 saturated carbocycles. The molecule has 1 N–H and O–H groups in total. The number of aliphatic carboxylic acids is 1. The zero-order valence-electron chi connectivity index (χ0n) is 12.5. The first-order valence-electron chi connectivity index (χ1n) is 7.35. The molecule has 0 saturated heterocycles. The maximum Gasteiger partial charge on any atom is 0.310 e. The highest BCUT2D eigenvalue weighted by molar-refractivity contribution is 6.34. The minimum atomic E-state index is -0.888. The van der Waals surface area contributed by atoms with E-state index in [4.69, 9.17) is 0 Å². The number of fused-ring (bicyclic) bond motifs is 1. The summed E-state index contributed by atoms with van der Waals surface area (Å²) in [6.07, 6.45) is 0.474. The largest absolute Gasteiger partial charge is 0.481 e. The van der Waals surface area contributed by atoms with Crippen LogP contribution in [-0.4, -0.2) is 22.9 Å². The Morgan fingerprint density at radius 1 is 1.00 bits per heavy atom. The SMILES string of the molecule is CC[C@@H](C(=O)O)c1ccc(N2C(=O)c3ccccc3C2=O)cc1. The average Bonchev–Trinajstić information content (AvgIpc) is 2.81. The molecule has 5 nitrogen and oxygen atoms in total. The number of hydrogen-bond acceptors (Lipinski definition) is 3. The Morgan fingerprint density at radius 3 is 1.96 bits per heavy atom. The van der Waals surface area contributed by atoms with Gasteiger partial charge in [0.25, 0.3) is 11.8 Å². The number of hydrogen-bond donors (Lipinski definition) is 1. The molecule has 1 atom stereocenters. The molecule has 0 bridgehead atoms. The number of carboxylic acids is 1. The second-order valence-corrected chi connectivity index (χ2v) is 5.38. The summed E-state index contributed by atoms with van der Waals surface area (Å²) in [4.78, 5) is 37.1. The van der Waals surface area contributed by atoms with Gasteiger partial charge in [0.15, 0.2) is 0 Å². The van der Waals surface area contributed by atoms with Crippen LogP contribution in [0, 0.1) is 0 Å². The van der Waals surface area contributed by atoms with E-state index in [1.165, 1.54) is 0 Å². The molecule has 0 aliphatic carbocycles. The zero-order chi connectivity index (χ0) is 16.6. The molecule has 0 radical (unpaired) electrons. The van der Waals surface area contributed by atoms with Crippen LogP contribution in [0.25, 0.3) is 0 Å². The van der Waals surface area contributed by atoms with Gasteiger partial charge in [-0.2, -0.15) is 0 Å². The summed E-state index contributed by atoms with van der Waals surface area (Å²) >= 11 is 0. The smallest absolute Gasteiger partial charge is 0.310 e. The maximum absolute atomic E-state index is 12.4. The molecule has 1 aliphatic heterocycles. The summed E-state index contributed by atoms with van der Waals surface area (Å²) in [5.74, 6) is -2.19. The number of anilines is 1. The van der Waals surface area contributed by atoms with E-state index < -0.39 is 11.9 Å². The fourth-order valence-electron chi connectivity index (χ4n) is 2.83. The molecule has 0 unspecified atom stereocenters. The molecule has 2 amide bonds. The van der Waals surface area contributed by atoms with E-state index >= 15 is 0 Å². The van der Waals surface area contributed by atoms with Crippen molar-refractivity contribution < 1.29 is 19.5 Å². The van der Waals surface area contributed by atoms with E-state index in [0.29, 0.717) is 28.8 Å². The van der Waals surface area contributed by atoms with Crippen LogP contribution in [0.1, 0.15) is 45.5 Å². The van der Waals surface area contributed by atoms with Crippen molar-refractivity contribution in [3.63, 3.8) is 0 Å². The molecular weight excluding hydrogens is 294 g/mol. The van der Waals surface area contributed by atoms with Crippen LogP contribution in [-0.2, 0) is 4.79 Å². The molecule has 1 heterocycles. The van der Waals surface area contributed by atoms with Crippen LogP contribution < -0.4 is 4.90 Å². The zero-order valence-corrected chi connectivity index (χ0v) is 12.5. The molecule has 5 heteroatoms. The fraction of sp³-hybridized carbons (Fsp3) is 0.167. The third-order valence-electron chi connectivity index (χ3n) is 4.05. The van der Waals surface area contributed by atoms with Crippen molar-refractivity contribution in [2.24, 2.45) is 0 Å². The molecule has 0 spiro atoms. The van der Waals surface area contributed by atoms with Crippen molar-refractivity contribution in [3.05, 3.63) is 65.2 Å². The highest BCUT2D eigenvalue weighted by Gasteiger charge is 2.36. The molecule has 2 aromatic carbocycles. The summed E-state index contributed by atoms with van der Waals surface area (Å²) in [6, 6.07) is 13.2. The summed E-state index contributed by atoms with van der Waals surface area (Å²) in [6.45, 7) is 1.80. The molecule has 0 aromatic heterocycles. The lowest BCUT2D eigenvalue weighted by molar-refractivity contribution is -0.138. The number of nitrogens with zero attached hydrogens (tertiary/aromatic N) is 1. The standard InChI is InChI=1S/C18H15NO4/c1-2-13(18(22)23)11-7-9-12(10-8-11)19-16(20)14-5-3-4-6-15(14)17(19)21/h3-10,13H,2H2,1H3,(H,22,23)/t13-/m1/s1. The Labute approximate surface area is 133 Å². The van der Waals surface area contributed by atoms with Crippen molar-refractivity contribution in [2.75, 3.05) is 4.90 Å². The van der Waals surface area contributed by atoms with Gasteiger partial charge in [0.1, 0.15) is 0 Å². The molecule has 3 rings (SSSR count). The molecule has 1 aliphatic rings. The lowest BCUT2D eigenvalue weighted by Gasteiger charge is -2.16. The highest BCUT2D eigenvalue weighted by Crippen LogP contribution is 2.29. The third-order valence-corrected chi connectivity index (χ3v) is 4.05. The third kappa shape index (κ3) is 2.40. The highest BCUT2D eigenvalue weighted by atomic mass is 16.4. The molecular formula is C18H15NO4. The van der Waals surface area contributed by atoms with Crippen LogP contribution in [0.2, 0.25) is 0 Å². The number of carbonyl (C=O) groups is 3. The lowest BCUT2D eigenvalue weighted by Crippen LogP contribution is -2.29. The monoisotopic (exact) mass is 309 g/mol. The predicted molar refractivity (Wildman–Crippen MR) is 84.7 cm³/mol. The lowest BCUT2D eigenvalue weighted by atomic mass is 9.96. The first kappa shape index (κ1) is 15.0. The van der Waals surface area contributed by atoms with Crippen molar-refractivity contribution >= 4 is 23.5 Å². The van der Waals surface area contributed by atoms with Gasteiger partial charge in [-0.1, -0.05) is 31.2 Å². The van der Waals surface area contributed by atoms with Crippen LogP contribution >= 0.6 is 0 Å². The van der Waals surface area contributed by atoms with Crippen LogP contribution in [0.15, 0.2) is 48.5 Å². The average molecular weight is 309 g/mol. The van der Waals surface area contributed by atoms with Crippen LogP contribution in [0.3, 0.4) is 0 Å². The summed E-state index contributed by atoms with van der Waals surface area (Å²) < 4.78 is 0. The number of carboxylic acid groups (broad SMARTS) is 1. The number of carbonyl (C=O) groups excluding carboxylic acids is 2. The first-order valence-corrected chi connectivity index (χ1v) is 7.35. The Bertz CT molecular complexity index is 760. The second kappa shape index (κ2) is 5.68. The van der Waals surface area contributed by atoms with E-state index in [2.05, 4.69) is 0 Å². The van der Waals surface area contributed by atoms with E-state index in [-0.39, 0.29) is 11.8 Å². The first-order chi connectivity index (χ1) is 11.0. The van der Waals surface area contributed by atoms with Crippen LogP contribution in [0.5, 0.6) is 0 Å².